The number of carbonyl (C=O) groups excluding carboxylic acids is 1. The first kappa shape index (κ1) is 18.2. The van der Waals surface area contributed by atoms with Crippen molar-refractivity contribution in [1.82, 2.24) is 5.32 Å². The van der Waals surface area contributed by atoms with E-state index >= 15 is 0 Å². The number of hydrogen-bond acceptors (Lipinski definition) is 2. The average molecular weight is 353 g/mol. The van der Waals surface area contributed by atoms with Gasteiger partial charge in [-0.15, -0.1) is 12.4 Å². The Hall–Kier alpha value is -2.14. The van der Waals surface area contributed by atoms with Crippen LogP contribution in [0.15, 0.2) is 42.5 Å². The van der Waals surface area contributed by atoms with Crippen molar-refractivity contribution in [3.05, 3.63) is 65.2 Å². The van der Waals surface area contributed by atoms with Gasteiger partial charge in [-0.3, -0.25) is 4.79 Å². The van der Waals surface area contributed by atoms with E-state index in [-0.39, 0.29) is 30.2 Å². The van der Waals surface area contributed by atoms with Gasteiger partial charge in [0.2, 0.25) is 5.91 Å². The second-order valence-corrected chi connectivity index (χ2v) is 5.90. The van der Waals surface area contributed by atoms with E-state index in [0.29, 0.717) is 24.2 Å². The van der Waals surface area contributed by atoms with Gasteiger partial charge < -0.3 is 11.1 Å². The minimum atomic E-state index is -0.864. The topological polar surface area (TPSA) is 55.1 Å². The van der Waals surface area contributed by atoms with Gasteiger partial charge in [-0.1, -0.05) is 18.2 Å². The summed E-state index contributed by atoms with van der Waals surface area (Å²) in [4.78, 5) is 12.1. The molecule has 2 aromatic rings. The Kier molecular flexibility index (Phi) is 5.78. The maximum absolute atomic E-state index is 13.2. The number of halogens is 3. The van der Waals surface area contributed by atoms with Gasteiger partial charge in [-0.05, 0) is 54.2 Å². The van der Waals surface area contributed by atoms with Crippen LogP contribution >= 0.6 is 12.4 Å². The third-order valence-corrected chi connectivity index (χ3v) is 4.19. The minimum absolute atomic E-state index is 0. The van der Waals surface area contributed by atoms with E-state index in [4.69, 9.17) is 5.73 Å². The van der Waals surface area contributed by atoms with Gasteiger partial charge >= 0.3 is 0 Å². The summed E-state index contributed by atoms with van der Waals surface area (Å²) in [6, 6.07) is 11.4. The Morgan fingerprint density at radius 2 is 1.83 bits per heavy atom. The van der Waals surface area contributed by atoms with Gasteiger partial charge in [-0.25, -0.2) is 8.78 Å². The van der Waals surface area contributed by atoms with Crippen LogP contribution in [0.1, 0.15) is 23.5 Å². The summed E-state index contributed by atoms with van der Waals surface area (Å²) in [6.45, 7) is 0.545. The molecule has 1 saturated carbocycles. The molecule has 3 nitrogen and oxygen atoms in total. The van der Waals surface area contributed by atoms with Crippen molar-refractivity contribution in [1.29, 1.82) is 0 Å². The van der Waals surface area contributed by atoms with Crippen molar-refractivity contribution in [2.75, 3.05) is 12.3 Å². The highest BCUT2D eigenvalue weighted by Gasteiger charge is 2.43. The van der Waals surface area contributed by atoms with Crippen molar-refractivity contribution >= 4 is 24.0 Å². The molecule has 2 aromatic carbocycles. The molecule has 1 amide bonds. The summed E-state index contributed by atoms with van der Waals surface area (Å²) in [5, 5.41) is 2.90. The number of nitrogen functional groups attached to an aromatic ring is 1. The number of anilines is 1. The normalized spacial score (nSPS) is 18.6. The average Bonchev–Trinajstić information content (AvgIpc) is 3.32. The second-order valence-electron chi connectivity index (χ2n) is 5.90. The first-order chi connectivity index (χ1) is 11.0. The van der Waals surface area contributed by atoms with E-state index in [1.54, 1.807) is 6.07 Å². The Morgan fingerprint density at radius 3 is 2.50 bits per heavy atom. The van der Waals surface area contributed by atoms with Gasteiger partial charge in [0.25, 0.3) is 0 Å². The van der Waals surface area contributed by atoms with Crippen LogP contribution in [0.2, 0.25) is 0 Å². The monoisotopic (exact) mass is 352 g/mol. The van der Waals surface area contributed by atoms with Crippen LogP contribution in [0.25, 0.3) is 0 Å². The number of hydrogen-bond donors (Lipinski definition) is 2. The van der Waals surface area contributed by atoms with Gasteiger partial charge in [0.15, 0.2) is 11.6 Å². The molecule has 1 fully saturated rings. The smallest absolute Gasteiger partial charge is 0.223 e. The van der Waals surface area contributed by atoms with E-state index in [1.807, 2.05) is 24.3 Å². The summed E-state index contributed by atoms with van der Waals surface area (Å²) in [5.74, 6) is -1.92. The standard InChI is InChI=1S/C18H18F2N2O.ClH/c19-16-6-3-12(9-17(16)20)14-10-15(14)18(23)22-8-7-11-1-4-13(21)5-2-11;/h1-6,9,14-15H,7-8,10,21H2,(H,22,23);1H. The lowest BCUT2D eigenvalue weighted by Gasteiger charge is -2.06. The Labute approximate surface area is 145 Å². The van der Waals surface area contributed by atoms with E-state index in [1.165, 1.54) is 6.07 Å². The molecule has 6 heteroatoms. The quantitative estimate of drug-likeness (QED) is 0.810. The molecule has 0 aromatic heterocycles. The SMILES string of the molecule is Cl.Nc1ccc(CCNC(=O)C2CC2c2ccc(F)c(F)c2)cc1. The Balaban J connectivity index is 0.00000208. The fourth-order valence-corrected chi connectivity index (χ4v) is 2.74. The summed E-state index contributed by atoms with van der Waals surface area (Å²) in [5.41, 5.74) is 8.12. The second kappa shape index (κ2) is 7.62. The van der Waals surface area contributed by atoms with Crippen molar-refractivity contribution < 1.29 is 13.6 Å². The van der Waals surface area contributed by atoms with Crippen LogP contribution in [0, 0.1) is 17.6 Å². The lowest BCUT2D eigenvalue weighted by molar-refractivity contribution is -0.122. The van der Waals surface area contributed by atoms with E-state index in [2.05, 4.69) is 5.32 Å². The zero-order valence-corrected chi connectivity index (χ0v) is 13.8. The van der Waals surface area contributed by atoms with Gasteiger partial charge in [0, 0.05) is 18.2 Å². The molecule has 3 N–H and O–H groups in total. The van der Waals surface area contributed by atoms with Gasteiger partial charge in [0.1, 0.15) is 0 Å². The summed E-state index contributed by atoms with van der Waals surface area (Å²) >= 11 is 0. The molecular weight excluding hydrogens is 334 g/mol. The zero-order valence-electron chi connectivity index (χ0n) is 13.0. The molecule has 0 bridgehead atoms. The van der Waals surface area contributed by atoms with Crippen LogP contribution in [0.4, 0.5) is 14.5 Å². The Bertz CT molecular complexity index is 721. The molecular formula is C18H19ClF2N2O. The molecule has 0 radical (unpaired) electrons. The maximum Gasteiger partial charge on any atom is 0.223 e. The van der Waals surface area contributed by atoms with Crippen LogP contribution in [-0.4, -0.2) is 12.5 Å². The molecule has 0 saturated heterocycles. The predicted molar refractivity (Wildman–Crippen MR) is 92.0 cm³/mol. The zero-order chi connectivity index (χ0) is 16.4. The molecule has 24 heavy (non-hydrogen) atoms. The molecule has 0 aliphatic heterocycles. The van der Waals surface area contributed by atoms with E-state index < -0.39 is 11.6 Å². The number of amides is 1. The van der Waals surface area contributed by atoms with Crippen molar-refractivity contribution in [2.24, 2.45) is 5.92 Å². The van der Waals surface area contributed by atoms with Crippen molar-refractivity contribution in [2.45, 2.75) is 18.8 Å². The van der Waals surface area contributed by atoms with Crippen LogP contribution in [0.3, 0.4) is 0 Å². The number of benzene rings is 2. The van der Waals surface area contributed by atoms with Crippen LogP contribution < -0.4 is 11.1 Å². The molecule has 1 aliphatic carbocycles. The number of nitrogens with two attached hydrogens (primary N) is 1. The third-order valence-electron chi connectivity index (χ3n) is 4.19. The number of nitrogens with one attached hydrogen (secondary N) is 1. The summed E-state index contributed by atoms with van der Waals surface area (Å²) < 4.78 is 26.2. The molecule has 1 aliphatic rings. The highest BCUT2D eigenvalue weighted by atomic mass is 35.5. The minimum Gasteiger partial charge on any atom is -0.399 e. The fourth-order valence-electron chi connectivity index (χ4n) is 2.74. The molecule has 3 rings (SSSR count). The van der Waals surface area contributed by atoms with Crippen LogP contribution in [-0.2, 0) is 11.2 Å². The van der Waals surface area contributed by atoms with E-state index in [9.17, 15) is 13.6 Å². The molecule has 0 spiro atoms. The van der Waals surface area contributed by atoms with Crippen LogP contribution in [0.5, 0.6) is 0 Å². The summed E-state index contributed by atoms with van der Waals surface area (Å²) in [7, 11) is 0. The first-order valence-corrected chi connectivity index (χ1v) is 7.61. The highest BCUT2D eigenvalue weighted by Crippen LogP contribution is 2.47. The van der Waals surface area contributed by atoms with E-state index in [0.717, 1.165) is 18.1 Å². The maximum atomic E-state index is 13.2. The predicted octanol–water partition coefficient (Wildman–Crippen LogP) is 3.43. The first-order valence-electron chi connectivity index (χ1n) is 7.61. The van der Waals surface area contributed by atoms with Gasteiger partial charge in [0.05, 0.1) is 0 Å². The molecule has 2 atom stereocenters. The molecule has 2 unspecified atom stereocenters. The number of rotatable bonds is 5. The number of carbonyl (C=O) groups is 1. The lowest BCUT2D eigenvalue weighted by atomic mass is 10.1. The van der Waals surface area contributed by atoms with Crippen molar-refractivity contribution in [3.8, 4) is 0 Å². The largest absolute Gasteiger partial charge is 0.399 e. The Morgan fingerprint density at radius 1 is 1.12 bits per heavy atom. The third kappa shape index (κ3) is 4.23. The molecule has 128 valence electrons. The highest BCUT2D eigenvalue weighted by molar-refractivity contribution is 5.85. The summed E-state index contributed by atoms with van der Waals surface area (Å²) in [6.07, 6.45) is 1.41. The van der Waals surface area contributed by atoms with Crippen molar-refractivity contribution in [3.63, 3.8) is 0 Å². The van der Waals surface area contributed by atoms with Gasteiger partial charge in [-0.2, -0.15) is 0 Å². The lowest BCUT2D eigenvalue weighted by Crippen LogP contribution is -2.27. The molecule has 0 heterocycles. The fraction of sp³-hybridized carbons (Fsp3) is 0.278.